The summed E-state index contributed by atoms with van der Waals surface area (Å²) in [5.41, 5.74) is 1.62. The molecular weight excluding hydrogens is 318 g/mol. The molecule has 5 rings (SSSR count). The second kappa shape index (κ2) is 6.26. The molecule has 1 aliphatic carbocycles. The van der Waals surface area contributed by atoms with Gasteiger partial charge in [-0.2, -0.15) is 0 Å². The SMILES string of the molecule is O=CCN1CCC(c2ccc(NC34CC(C3)C(=O)NC4=O)cc2)CC1. The molecule has 132 valence electrons. The van der Waals surface area contributed by atoms with Crippen molar-refractivity contribution < 1.29 is 14.4 Å². The zero-order chi connectivity index (χ0) is 17.4. The average Bonchev–Trinajstić information content (AvgIpc) is 2.58. The normalized spacial score (nSPS) is 29.7. The second-order valence-electron chi connectivity index (χ2n) is 7.49. The number of likely N-dealkylation sites (tertiary alicyclic amines) is 1. The number of amides is 2. The summed E-state index contributed by atoms with van der Waals surface area (Å²) in [5, 5.41) is 5.78. The molecule has 0 atom stereocenters. The van der Waals surface area contributed by atoms with Gasteiger partial charge in [0, 0.05) is 11.6 Å². The minimum absolute atomic E-state index is 0.0268. The van der Waals surface area contributed by atoms with Crippen molar-refractivity contribution in [2.24, 2.45) is 5.92 Å². The third kappa shape index (κ3) is 2.95. The van der Waals surface area contributed by atoms with Crippen LogP contribution in [0.2, 0.25) is 0 Å². The molecule has 0 spiro atoms. The van der Waals surface area contributed by atoms with E-state index in [1.54, 1.807) is 0 Å². The van der Waals surface area contributed by atoms with Gasteiger partial charge in [0.25, 0.3) is 5.91 Å². The van der Waals surface area contributed by atoms with Crippen LogP contribution in [0, 0.1) is 5.92 Å². The van der Waals surface area contributed by atoms with Gasteiger partial charge < -0.3 is 10.1 Å². The van der Waals surface area contributed by atoms with Crippen LogP contribution in [0.1, 0.15) is 37.2 Å². The Morgan fingerprint density at radius 1 is 1.12 bits per heavy atom. The Morgan fingerprint density at radius 2 is 1.80 bits per heavy atom. The van der Waals surface area contributed by atoms with Gasteiger partial charge in [-0.1, -0.05) is 12.1 Å². The van der Waals surface area contributed by atoms with E-state index in [9.17, 15) is 14.4 Å². The van der Waals surface area contributed by atoms with Crippen LogP contribution in [0.3, 0.4) is 0 Å². The van der Waals surface area contributed by atoms with Crippen molar-refractivity contribution in [1.29, 1.82) is 0 Å². The molecule has 1 aromatic carbocycles. The summed E-state index contributed by atoms with van der Waals surface area (Å²) in [6, 6.07) is 8.31. The van der Waals surface area contributed by atoms with E-state index in [4.69, 9.17) is 0 Å². The first-order valence-corrected chi connectivity index (χ1v) is 8.99. The van der Waals surface area contributed by atoms with Gasteiger partial charge in [0.15, 0.2) is 0 Å². The summed E-state index contributed by atoms with van der Waals surface area (Å²) < 4.78 is 0. The Morgan fingerprint density at radius 3 is 2.40 bits per heavy atom. The lowest BCUT2D eigenvalue weighted by atomic mass is 9.64. The number of carbonyl (C=O) groups is 3. The predicted octanol–water partition coefficient (Wildman–Crippen LogP) is 1.28. The monoisotopic (exact) mass is 341 g/mol. The van der Waals surface area contributed by atoms with E-state index in [0.29, 0.717) is 25.3 Å². The number of fused-ring (bicyclic) bond motifs is 2. The van der Waals surface area contributed by atoms with Crippen LogP contribution in [0.25, 0.3) is 0 Å². The zero-order valence-electron chi connectivity index (χ0n) is 14.2. The number of hydrogen-bond donors (Lipinski definition) is 2. The molecule has 2 N–H and O–H groups in total. The second-order valence-corrected chi connectivity index (χ2v) is 7.49. The quantitative estimate of drug-likeness (QED) is 0.623. The fourth-order valence-corrected chi connectivity index (χ4v) is 4.31. The molecule has 0 unspecified atom stereocenters. The van der Waals surface area contributed by atoms with Crippen LogP contribution < -0.4 is 10.6 Å². The molecule has 2 bridgehead atoms. The highest BCUT2D eigenvalue weighted by Crippen LogP contribution is 2.44. The number of aldehydes is 1. The first kappa shape index (κ1) is 16.3. The van der Waals surface area contributed by atoms with Crippen molar-refractivity contribution in [1.82, 2.24) is 10.2 Å². The summed E-state index contributed by atoms with van der Waals surface area (Å²) in [6.07, 6.45) is 4.29. The molecule has 0 radical (unpaired) electrons. The molecule has 1 saturated carbocycles. The molecule has 3 saturated heterocycles. The van der Waals surface area contributed by atoms with E-state index in [2.05, 4.69) is 27.7 Å². The number of nitrogens with one attached hydrogen (secondary N) is 2. The van der Waals surface area contributed by atoms with E-state index in [-0.39, 0.29) is 17.7 Å². The fraction of sp³-hybridized carbons (Fsp3) is 0.526. The topological polar surface area (TPSA) is 78.5 Å². The van der Waals surface area contributed by atoms with Gasteiger partial charge >= 0.3 is 0 Å². The lowest BCUT2D eigenvalue weighted by Crippen LogP contribution is -2.69. The highest BCUT2D eigenvalue weighted by molar-refractivity contribution is 6.08. The van der Waals surface area contributed by atoms with Gasteiger partial charge in [-0.15, -0.1) is 0 Å². The van der Waals surface area contributed by atoms with Gasteiger partial charge in [-0.05, 0) is 62.4 Å². The molecule has 4 fully saturated rings. The summed E-state index contributed by atoms with van der Waals surface area (Å²) in [7, 11) is 0. The molecule has 6 nitrogen and oxygen atoms in total. The molecular formula is C19H23N3O3. The van der Waals surface area contributed by atoms with Gasteiger partial charge in [-0.3, -0.25) is 19.8 Å². The van der Waals surface area contributed by atoms with Crippen molar-refractivity contribution in [2.45, 2.75) is 37.1 Å². The van der Waals surface area contributed by atoms with Crippen LogP contribution in [0.4, 0.5) is 5.69 Å². The van der Waals surface area contributed by atoms with Gasteiger partial charge in [-0.25, -0.2) is 0 Å². The standard InChI is InChI=1S/C19H23N3O3/c23-10-9-22-7-5-14(6-8-22)13-1-3-16(4-2-13)21-19-11-15(12-19)17(24)20-18(19)25/h1-4,10,14-15,21H,5-9,11-12H2,(H,20,24,25). The van der Waals surface area contributed by atoms with E-state index >= 15 is 0 Å². The first-order chi connectivity index (χ1) is 12.1. The Balaban J connectivity index is 1.37. The number of anilines is 1. The summed E-state index contributed by atoms with van der Waals surface area (Å²) >= 11 is 0. The molecule has 4 aliphatic rings. The summed E-state index contributed by atoms with van der Waals surface area (Å²) in [4.78, 5) is 36.5. The number of nitrogens with zero attached hydrogens (tertiary/aromatic N) is 1. The van der Waals surface area contributed by atoms with Gasteiger partial charge in [0.05, 0.1) is 6.54 Å². The molecule has 3 aliphatic heterocycles. The maximum Gasteiger partial charge on any atom is 0.252 e. The zero-order valence-corrected chi connectivity index (χ0v) is 14.2. The average molecular weight is 341 g/mol. The molecule has 3 heterocycles. The highest BCUT2D eigenvalue weighted by Gasteiger charge is 2.57. The minimum atomic E-state index is -0.611. The number of piperidine rings is 3. The number of imide groups is 1. The van der Waals surface area contributed by atoms with Gasteiger partial charge in [0.1, 0.15) is 11.8 Å². The maximum absolute atomic E-state index is 12.1. The highest BCUT2D eigenvalue weighted by atomic mass is 16.2. The Hall–Kier alpha value is -2.21. The largest absolute Gasteiger partial charge is 0.371 e. The van der Waals surface area contributed by atoms with E-state index in [0.717, 1.165) is 37.9 Å². The van der Waals surface area contributed by atoms with Crippen molar-refractivity contribution in [3.63, 3.8) is 0 Å². The summed E-state index contributed by atoms with van der Waals surface area (Å²) in [6.45, 7) is 2.45. The van der Waals surface area contributed by atoms with Gasteiger partial charge in [0.2, 0.25) is 5.91 Å². The summed E-state index contributed by atoms with van der Waals surface area (Å²) in [5.74, 6) is 0.163. The van der Waals surface area contributed by atoms with E-state index < -0.39 is 5.54 Å². The molecule has 6 heteroatoms. The van der Waals surface area contributed by atoms with Crippen LogP contribution in [0.5, 0.6) is 0 Å². The minimum Gasteiger partial charge on any atom is -0.371 e. The Labute approximate surface area is 147 Å². The van der Waals surface area contributed by atoms with E-state index in [1.165, 1.54) is 5.56 Å². The van der Waals surface area contributed by atoms with Crippen molar-refractivity contribution in [3.8, 4) is 0 Å². The number of rotatable bonds is 5. The van der Waals surface area contributed by atoms with Crippen molar-refractivity contribution >= 4 is 23.8 Å². The van der Waals surface area contributed by atoms with Crippen LogP contribution in [-0.2, 0) is 14.4 Å². The third-order valence-corrected chi connectivity index (χ3v) is 5.92. The molecule has 25 heavy (non-hydrogen) atoms. The maximum atomic E-state index is 12.1. The first-order valence-electron chi connectivity index (χ1n) is 8.99. The Bertz CT molecular complexity index is 686. The third-order valence-electron chi connectivity index (χ3n) is 5.92. The van der Waals surface area contributed by atoms with Crippen LogP contribution >= 0.6 is 0 Å². The molecule has 1 aromatic rings. The predicted molar refractivity (Wildman–Crippen MR) is 93.1 cm³/mol. The smallest absolute Gasteiger partial charge is 0.252 e. The van der Waals surface area contributed by atoms with E-state index in [1.807, 2.05) is 12.1 Å². The Kier molecular flexibility index (Phi) is 4.07. The number of benzene rings is 1. The van der Waals surface area contributed by atoms with Crippen molar-refractivity contribution in [2.75, 3.05) is 25.0 Å². The number of hydrogen-bond acceptors (Lipinski definition) is 5. The molecule has 0 aromatic heterocycles. The van der Waals surface area contributed by atoms with Crippen LogP contribution in [0.15, 0.2) is 24.3 Å². The molecule has 2 amide bonds. The van der Waals surface area contributed by atoms with Crippen LogP contribution in [-0.4, -0.2) is 48.2 Å². The fourth-order valence-electron chi connectivity index (χ4n) is 4.31. The lowest BCUT2D eigenvalue weighted by molar-refractivity contribution is -0.149. The number of carbonyl (C=O) groups excluding carboxylic acids is 3. The van der Waals surface area contributed by atoms with Crippen molar-refractivity contribution in [3.05, 3.63) is 29.8 Å². The lowest BCUT2D eigenvalue weighted by Gasteiger charge is -2.50.